The van der Waals surface area contributed by atoms with Crippen molar-refractivity contribution in [2.24, 2.45) is 17.6 Å². The summed E-state index contributed by atoms with van der Waals surface area (Å²) in [6.45, 7) is 1.65. The first-order valence-electron chi connectivity index (χ1n) is 19.7. The van der Waals surface area contributed by atoms with Crippen molar-refractivity contribution in [2.75, 3.05) is 25.6 Å². The van der Waals surface area contributed by atoms with Gasteiger partial charge in [0.05, 0.1) is 35.5 Å². The number of amides is 2. The van der Waals surface area contributed by atoms with Crippen LogP contribution in [0, 0.1) is 11.8 Å². The van der Waals surface area contributed by atoms with E-state index < -0.39 is 88.7 Å². The van der Waals surface area contributed by atoms with Crippen molar-refractivity contribution in [2.45, 2.75) is 56.3 Å². The number of aliphatic hydroxyl groups excluding tert-OH is 3. The van der Waals surface area contributed by atoms with Crippen molar-refractivity contribution in [3.05, 3.63) is 131 Å². The number of ketones is 2. The Bertz CT molecular complexity index is 2270. The number of nitrogens with two attached hydrogens (primary N) is 1. The summed E-state index contributed by atoms with van der Waals surface area (Å²) in [4.78, 5) is 54.7. The van der Waals surface area contributed by atoms with Crippen LogP contribution in [0.3, 0.4) is 0 Å². The zero-order valence-electron chi connectivity index (χ0n) is 33.1. The minimum absolute atomic E-state index is 0.0242. The molecule has 306 valence electrons. The first-order chi connectivity index (χ1) is 28.2. The number of phenols is 1. The Kier molecular flexibility index (Phi) is 11.4. The minimum Gasteiger partial charge on any atom is -0.508 e. The van der Waals surface area contributed by atoms with Crippen LogP contribution in [0.1, 0.15) is 49.7 Å². The number of anilines is 1. The van der Waals surface area contributed by atoms with E-state index in [1.165, 1.54) is 41.0 Å². The number of unbranched alkanes of at least 4 members (excludes halogenated alkanes) is 2. The third kappa shape index (κ3) is 6.74. The van der Waals surface area contributed by atoms with Gasteiger partial charge in [-0.3, -0.25) is 24.1 Å². The Morgan fingerprint density at radius 2 is 1.36 bits per heavy atom. The van der Waals surface area contributed by atoms with E-state index in [2.05, 4.69) is 78.1 Å². The average Bonchev–Trinajstić information content (AvgIpc) is 3.22. The fraction of sp³-hybridized carbons (Fsp3) is 0.304. The van der Waals surface area contributed by atoms with Gasteiger partial charge < -0.3 is 36.6 Å². The van der Waals surface area contributed by atoms with Gasteiger partial charge in [-0.1, -0.05) is 67.6 Å². The second-order valence-corrected chi connectivity index (χ2v) is 19.5. The van der Waals surface area contributed by atoms with Crippen molar-refractivity contribution in [3.63, 3.8) is 0 Å². The SMILES string of the molecule is C[C@H]1c2ccc(NC(=O)CCCCC[P+](c3ccccc3)(c3ccccc3)c3ccccc3)c(O)c2C(O)=C2C(=O)[C@]3(O)C(O)=C(C(N)=O)C(=O)[C@@H](N(C)C)[C@@H]3[C@@H](O)[C@@H]21. The van der Waals surface area contributed by atoms with Gasteiger partial charge >= 0.3 is 0 Å². The molecule has 3 aliphatic rings. The largest absolute Gasteiger partial charge is 0.508 e. The molecule has 0 unspecified atom stereocenters. The van der Waals surface area contributed by atoms with Crippen LogP contribution < -0.4 is 27.0 Å². The highest BCUT2D eigenvalue weighted by atomic mass is 31.2. The lowest BCUT2D eigenvalue weighted by molar-refractivity contribution is -0.169. The maximum atomic E-state index is 14.3. The summed E-state index contributed by atoms with van der Waals surface area (Å²) in [5, 5.41) is 64.8. The first-order valence-corrected chi connectivity index (χ1v) is 21.7. The van der Waals surface area contributed by atoms with E-state index in [9.17, 15) is 44.7 Å². The molecule has 2 amide bonds. The van der Waals surface area contributed by atoms with Gasteiger partial charge in [-0.25, -0.2) is 0 Å². The Morgan fingerprint density at radius 3 is 1.86 bits per heavy atom. The van der Waals surface area contributed by atoms with Crippen LogP contribution in [0.2, 0.25) is 0 Å². The van der Waals surface area contributed by atoms with E-state index in [4.69, 9.17) is 5.73 Å². The normalized spacial score (nSPS) is 24.1. The smallest absolute Gasteiger partial charge is 0.255 e. The average molecular weight is 819 g/mol. The lowest BCUT2D eigenvalue weighted by atomic mass is 9.54. The van der Waals surface area contributed by atoms with Crippen molar-refractivity contribution < 1.29 is 44.7 Å². The van der Waals surface area contributed by atoms with Crippen LogP contribution in [0.25, 0.3) is 5.76 Å². The van der Waals surface area contributed by atoms with Crippen LogP contribution in [-0.2, 0) is 19.2 Å². The summed E-state index contributed by atoms with van der Waals surface area (Å²) < 4.78 is 0. The monoisotopic (exact) mass is 818 g/mol. The predicted molar refractivity (Wildman–Crippen MR) is 227 cm³/mol. The standard InChI is InChI=1S/C46H48N3O9P/c1-26-30-23-24-31(39(51)34(30)40(52)35-33(26)41(53)37-38(49(2)3)42(54)36(45(47)57)44(56)46(37,58)43(35)55)48-32(50)22-14-7-15-25-59(27-16-8-4-9-17-27,28-18-10-5-11-19-28)29-20-12-6-13-21-29/h4-6,8-13,16-21,23-24,26,33,37-38,41,53,58H,7,14-15,22,25H2,1-3H3,(H5-,47,48,50,51,52,54,55,56,57)/p+1/t26-,33+,37+,38-,41-,46-/m0/s1. The number of likely N-dealkylation sites (N-methyl/N-ethyl adjacent to an activating group) is 1. The highest BCUT2D eigenvalue weighted by Crippen LogP contribution is 2.58. The lowest BCUT2D eigenvalue weighted by Gasteiger charge is -2.53. The topological polar surface area (TPSA) is 211 Å². The molecule has 0 saturated heterocycles. The zero-order valence-corrected chi connectivity index (χ0v) is 34.0. The lowest BCUT2D eigenvalue weighted by Crippen LogP contribution is -2.70. The number of fused-ring (bicyclic) bond motifs is 3. The van der Waals surface area contributed by atoms with E-state index in [1.807, 2.05) is 18.2 Å². The number of aromatic hydroxyl groups is 1. The summed E-state index contributed by atoms with van der Waals surface area (Å²) >= 11 is 0. The van der Waals surface area contributed by atoms with Crippen LogP contribution in [0.15, 0.2) is 120 Å². The number of primary amides is 1. The molecular formula is C46H49N3O9P+. The number of nitrogens with one attached hydrogen (secondary N) is 1. The molecule has 3 aliphatic carbocycles. The van der Waals surface area contributed by atoms with Crippen molar-refractivity contribution >= 4 is 58.0 Å². The fourth-order valence-electron chi connectivity index (χ4n) is 9.62. The number of phenolic OH excluding ortho intramolecular Hbond substituents is 1. The van der Waals surface area contributed by atoms with E-state index in [0.717, 1.165) is 19.0 Å². The number of carbonyl (C=O) groups excluding carboxylic acids is 4. The number of nitrogens with zero attached hydrogens (tertiary/aromatic N) is 1. The van der Waals surface area contributed by atoms with Crippen LogP contribution >= 0.6 is 7.26 Å². The molecule has 0 heterocycles. The summed E-state index contributed by atoms with van der Waals surface area (Å²) in [5.74, 6) is -10.2. The van der Waals surface area contributed by atoms with Crippen LogP contribution in [0.4, 0.5) is 5.69 Å². The minimum atomic E-state index is -3.02. The van der Waals surface area contributed by atoms with Gasteiger partial charge in [0.15, 0.2) is 11.4 Å². The summed E-state index contributed by atoms with van der Waals surface area (Å²) in [6.07, 6.45) is 1.53. The maximum absolute atomic E-state index is 14.3. The highest BCUT2D eigenvalue weighted by molar-refractivity contribution is 7.95. The summed E-state index contributed by atoms with van der Waals surface area (Å²) in [6, 6.07) is 33.3. The number of Topliss-reactive ketones (excluding diaryl/α,β-unsaturated/α-hetero) is 2. The summed E-state index contributed by atoms with van der Waals surface area (Å²) in [7, 11) is 0.878. The molecule has 4 aromatic rings. The molecule has 13 heteroatoms. The quantitative estimate of drug-likeness (QED) is 0.0473. The number of rotatable bonds is 12. The zero-order chi connectivity index (χ0) is 42.4. The molecule has 12 nitrogen and oxygen atoms in total. The van der Waals surface area contributed by atoms with Gasteiger partial charge in [-0.05, 0) is 87.3 Å². The van der Waals surface area contributed by atoms with Crippen molar-refractivity contribution in [1.29, 1.82) is 0 Å². The van der Waals surface area contributed by atoms with E-state index in [-0.39, 0.29) is 23.6 Å². The second-order valence-electron chi connectivity index (χ2n) is 15.9. The third-order valence-electron chi connectivity index (χ3n) is 12.4. The maximum Gasteiger partial charge on any atom is 0.255 e. The van der Waals surface area contributed by atoms with Gasteiger partial charge in [0.1, 0.15) is 46.0 Å². The van der Waals surface area contributed by atoms with Gasteiger partial charge in [-0.15, -0.1) is 0 Å². The van der Waals surface area contributed by atoms with Gasteiger partial charge in [0, 0.05) is 17.9 Å². The molecule has 1 fully saturated rings. The fourth-order valence-corrected chi connectivity index (χ4v) is 14.0. The molecule has 4 aromatic carbocycles. The van der Waals surface area contributed by atoms with Gasteiger partial charge in [0.25, 0.3) is 5.91 Å². The Balaban J connectivity index is 1.11. The molecule has 0 spiro atoms. The van der Waals surface area contributed by atoms with Gasteiger partial charge in [0.2, 0.25) is 11.7 Å². The van der Waals surface area contributed by atoms with Crippen molar-refractivity contribution in [1.82, 2.24) is 4.90 Å². The van der Waals surface area contributed by atoms with E-state index in [1.54, 1.807) is 13.0 Å². The molecule has 0 aliphatic heterocycles. The number of hydrogen-bond donors (Lipinski definition) is 7. The number of benzene rings is 4. The molecule has 6 atom stereocenters. The molecule has 7 rings (SSSR count). The third-order valence-corrected chi connectivity index (χ3v) is 16.9. The molecule has 1 saturated carbocycles. The Labute approximate surface area is 343 Å². The number of aliphatic hydroxyl groups is 4. The van der Waals surface area contributed by atoms with E-state index >= 15 is 0 Å². The number of carbonyl (C=O) groups is 4. The Hall–Kier alpha value is -5.65. The Morgan fingerprint density at radius 1 is 0.814 bits per heavy atom. The molecule has 0 bridgehead atoms. The molecule has 0 aromatic heterocycles. The number of hydrogen-bond acceptors (Lipinski definition) is 10. The summed E-state index contributed by atoms with van der Waals surface area (Å²) in [5.41, 5.74) is 1.03. The van der Waals surface area contributed by atoms with E-state index in [0.29, 0.717) is 12.0 Å². The molecular weight excluding hydrogens is 769 g/mol. The molecule has 8 N–H and O–H groups in total. The molecule has 59 heavy (non-hydrogen) atoms. The highest BCUT2D eigenvalue weighted by Gasteiger charge is 2.68. The van der Waals surface area contributed by atoms with Crippen LogP contribution in [-0.4, -0.2) is 91.8 Å². The van der Waals surface area contributed by atoms with Gasteiger partial charge in [-0.2, -0.15) is 0 Å². The van der Waals surface area contributed by atoms with Crippen LogP contribution in [0.5, 0.6) is 5.75 Å². The van der Waals surface area contributed by atoms with Crippen molar-refractivity contribution in [3.8, 4) is 5.75 Å². The molecule has 0 radical (unpaired) electrons. The first kappa shape index (κ1) is 41.5. The second kappa shape index (κ2) is 16.2. The predicted octanol–water partition coefficient (Wildman–Crippen LogP) is 3.99.